The van der Waals surface area contributed by atoms with Gasteiger partial charge >= 0.3 is 0 Å². The highest BCUT2D eigenvalue weighted by Crippen LogP contribution is 2.33. The van der Waals surface area contributed by atoms with E-state index in [0.717, 1.165) is 36.8 Å². The van der Waals surface area contributed by atoms with Crippen LogP contribution in [0.5, 0.6) is 5.75 Å². The van der Waals surface area contributed by atoms with E-state index in [1.807, 2.05) is 35.2 Å². The number of hydrogen-bond acceptors (Lipinski definition) is 7. The lowest BCUT2D eigenvalue weighted by molar-refractivity contribution is -0.153. The van der Waals surface area contributed by atoms with Gasteiger partial charge in [0.25, 0.3) is 5.91 Å². The summed E-state index contributed by atoms with van der Waals surface area (Å²) in [6.45, 7) is 0.940. The van der Waals surface area contributed by atoms with Gasteiger partial charge in [-0.05, 0) is 60.9 Å². The molecular weight excluding hydrogens is 556 g/mol. The average Bonchev–Trinajstić information content (AvgIpc) is 3.00. The van der Waals surface area contributed by atoms with E-state index in [9.17, 15) is 18.3 Å². The minimum absolute atomic E-state index is 0.00453. The number of likely N-dealkylation sites (tertiary alicyclic amines) is 1. The third-order valence-corrected chi connectivity index (χ3v) is 9.52. The second-order valence-electron chi connectivity index (χ2n) is 10.4. The minimum atomic E-state index is -3.89. The molecule has 0 aliphatic carbocycles. The van der Waals surface area contributed by atoms with Crippen molar-refractivity contribution in [3.05, 3.63) is 71.5 Å². The summed E-state index contributed by atoms with van der Waals surface area (Å²) in [6, 6.07) is 13.7. The molecule has 2 aliphatic rings. The molecule has 2 aromatic carbocycles. The molecule has 9 nitrogen and oxygen atoms in total. The molecule has 1 N–H and O–H groups in total. The highest BCUT2D eigenvalue weighted by atomic mass is 32.2. The van der Waals surface area contributed by atoms with Gasteiger partial charge in [-0.15, -0.1) is 6.42 Å². The zero-order valence-corrected chi connectivity index (χ0v) is 24.9. The van der Waals surface area contributed by atoms with E-state index in [1.54, 1.807) is 12.1 Å². The van der Waals surface area contributed by atoms with Crippen LogP contribution in [0.1, 0.15) is 55.6 Å². The molecule has 226 valence electrons. The molecule has 0 bridgehead atoms. The van der Waals surface area contributed by atoms with Crippen molar-refractivity contribution in [1.82, 2.24) is 9.21 Å². The number of amides is 1. The number of methoxy groups -OCH3 is 1. The number of carbonyl (C=O) groups is 1. The van der Waals surface area contributed by atoms with Crippen LogP contribution in [0.3, 0.4) is 0 Å². The Kier molecular flexibility index (Phi) is 11.4. The molecule has 1 fully saturated rings. The minimum Gasteiger partial charge on any atom is -0.497 e. The van der Waals surface area contributed by atoms with Gasteiger partial charge in [0.1, 0.15) is 5.75 Å². The summed E-state index contributed by atoms with van der Waals surface area (Å²) in [5.41, 5.74) is 1.74. The summed E-state index contributed by atoms with van der Waals surface area (Å²) >= 11 is 0. The van der Waals surface area contributed by atoms with Gasteiger partial charge in [0.05, 0.1) is 25.2 Å². The third kappa shape index (κ3) is 8.13. The van der Waals surface area contributed by atoms with Gasteiger partial charge in [-0.25, -0.2) is 8.42 Å². The molecule has 2 heterocycles. The molecule has 1 amide bonds. The molecule has 0 spiro atoms. The molecule has 0 radical (unpaired) electrons. The van der Waals surface area contributed by atoms with Gasteiger partial charge in [0.15, 0.2) is 5.76 Å². The van der Waals surface area contributed by atoms with Crippen LogP contribution >= 0.6 is 0 Å². The molecule has 2 aromatic rings. The molecule has 0 saturated carbocycles. The van der Waals surface area contributed by atoms with Crippen molar-refractivity contribution in [1.29, 1.82) is 0 Å². The predicted octanol–water partition coefficient (Wildman–Crippen LogP) is 3.88. The lowest BCUT2D eigenvalue weighted by atomic mass is 9.92. The van der Waals surface area contributed by atoms with E-state index < -0.39 is 16.3 Å². The van der Waals surface area contributed by atoms with E-state index in [-0.39, 0.29) is 48.8 Å². The number of ether oxygens (including phenoxy) is 3. The fourth-order valence-electron chi connectivity index (χ4n) is 5.22. The molecular formula is C32H40N2O7S. The smallest absolute Gasteiger partial charge is 0.288 e. The van der Waals surface area contributed by atoms with Gasteiger partial charge < -0.3 is 24.2 Å². The zero-order valence-electron chi connectivity index (χ0n) is 24.1. The Labute approximate surface area is 249 Å². The van der Waals surface area contributed by atoms with E-state index in [0.29, 0.717) is 25.3 Å². The van der Waals surface area contributed by atoms with Crippen molar-refractivity contribution >= 4 is 15.9 Å². The van der Waals surface area contributed by atoms with Gasteiger partial charge in [0, 0.05) is 44.1 Å². The predicted molar refractivity (Wildman–Crippen MR) is 159 cm³/mol. The maximum Gasteiger partial charge on any atom is 0.288 e. The van der Waals surface area contributed by atoms with Crippen LogP contribution in [0.15, 0.2) is 65.3 Å². The first-order valence-corrected chi connectivity index (χ1v) is 15.9. The number of hydrogen-bond donors (Lipinski definition) is 1. The number of aliphatic hydroxyl groups excluding tert-OH is 1. The summed E-state index contributed by atoms with van der Waals surface area (Å²) in [5, 5.41) is 9.58. The first kappa shape index (κ1) is 31.6. The Morgan fingerprint density at radius 1 is 1.05 bits per heavy atom. The second-order valence-corrected chi connectivity index (χ2v) is 12.4. The highest BCUT2D eigenvalue weighted by Gasteiger charge is 2.32. The lowest BCUT2D eigenvalue weighted by Crippen LogP contribution is -2.39. The van der Waals surface area contributed by atoms with Crippen LogP contribution in [-0.2, 0) is 24.3 Å². The van der Waals surface area contributed by atoms with Gasteiger partial charge in [-0.2, -0.15) is 4.31 Å². The molecule has 42 heavy (non-hydrogen) atoms. The van der Waals surface area contributed by atoms with Crippen LogP contribution in [0, 0.1) is 12.3 Å². The van der Waals surface area contributed by atoms with Crippen molar-refractivity contribution in [3.8, 4) is 18.1 Å². The highest BCUT2D eigenvalue weighted by molar-refractivity contribution is 7.89. The summed E-state index contributed by atoms with van der Waals surface area (Å²) in [4.78, 5) is 15.5. The maximum absolute atomic E-state index is 13.6. The normalized spacial score (nSPS) is 19.7. The largest absolute Gasteiger partial charge is 0.497 e. The molecule has 4 rings (SSSR count). The fraction of sp³-hybridized carbons (Fsp3) is 0.469. The van der Waals surface area contributed by atoms with Crippen molar-refractivity contribution in [3.63, 3.8) is 0 Å². The SMILES string of the molecule is C#Cc1ccc([C@H]2C=C(C(=O)N3CCCCCCC3)O[C@@H](OCCN(CCO)S(=O)(=O)c3ccc(OC)cc3)C2)cc1. The fourth-order valence-corrected chi connectivity index (χ4v) is 6.64. The molecule has 2 aliphatic heterocycles. The zero-order chi connectivity index (χ0) is 30.0. The summed E-state index contributed by atoms with van der Waals surface area (Å²) in [7, 11) is -2.38. The van der Waals surface area contributed by atoms with Crippen LogP contribution in [0.4, 0.5) is 0 Å². The van der Waals surface area contributed by atoms with E-state index >= 15 is 0 Å². The molecule has 0 unspecified atom stereocenters. The summed E-state index contributed by atoms with van der Waals surface area (Å²) in [6.07, 6.45) is 12.4. The molecule has 1 saturated heterocycles. The Morgan fingerprint density at radius 2 is 1.71 bits per heavy atom. The van der Waals surface area contributed by atoms with Crippen molar-refractivity contribution in [2.24, 2.45) is 0 Å². The number of nitrogens with zero attached hydrogens (tertiary/aromatic N) is 2. The average molecular weight is 597 g/mol. The lowest BCUT2D eigenvalue weighted by Gasteiger charge is -2.33. The molecule has 2 atom stereocenters. The number of benzene rings is 2. The van der Waals surface area contributed by atoms with E-state index in [2.05, 4.69) is 5.92 Å². The van der Waals surface area contributed by atoms with Gasteiger partial charge in [-0.3, -0.25) is 4.79 Å². The Morgan fingerprint density at radius 3 is 2.33 bits per heavy atom. The van der Waals surface area contributed by atoms with Crippen molar-refractivity contribution in [2.75, 3.05) is 46.5 Å². The number of carbonyl (C=O) groups excluding carboxylic acids is 1. The topological polar surface area (TPSA) is 106 Å². The first-order valence-electron chi connectivity index (χ1n) is 14.5. The Hall–Kier alpha value is -3.36. The second kappa shape index (κ2) is 15.2. The molecule has 0 aromatic heterocycles. The number of aliphatic hydroxyl groups is 1. The standard InChI is InChI=1S/C32H40N2O7S/c1-3-25-9-11-26(12-10-25)27-23-30(32(36)33-17-7-5-4-6-8-18-33)41-31(24-27)40-22-20-34(19-21-35)42(37,38)29-15-13-28(39-2)14-16-29/h1,9-16,23,27,31,35H,4-8,17-22,24H2,2H3/t27-,31+/m0/s1. The quantitative estimate of drug-likeness (QED) is 0.393. The number of rotatable bonds is 11. The van der Waals surface area contributed by atoms with Crippen molar-refractivity contribution in [2.45, 2.75) is 55.6 Å². The van der Waals surface area contributed by atoms with E-state index in [4.69, 9.17) is 20.6 Å². The van der Waals surface area contributed by atoms with Gasteiger partial charge in [0.2, 0.25) is 16.3 Å². The molecule has 10 heteroatoms. The van der Waals surface area contributed by atoms with Gasteiger partial charge in [-0.1, -0.05) is 37.3 Å². The van der Waals surface area contributed by atoms with Crippen LogP contribution < -0.4 is 4.74 Å². The monoisotopic (exact) mass is 596 g/mol. The van der Waals surface area contributed by atoms with Crippen LogP contribution in [0.2, 0.25) is 0 Å². The first-order chi connectivity index (χ1) is 20.3. The number of sulfonamides is 1. The Bertz CT molecular complexity index is 1340. The van der Waals surface area contributed by atoms with Crippen LogP contribution in [-0.4, -0.2) is 81.4 Å². The number of terminal acetylenes is 1. The number of allylic oxidation sites excluding steroid dienone is 1. The van der Waals surface area contributed by atoms with E-state index in [1.165, 1.54) is 30.0 Å². The van der Waals surface area contributed by atoms with Crippen LogP contribution in [0.25, 0.3) is 0 Å². The third-order valence-electron chi connectivity index (χ3n) is 7.61. The summed E-state index contributed by atoms with van der Waals surface area (Å²) in [5.74, 6) is 3.10. The maximum atomic E-state index is 13.6. The summed E-state index contributed by atoms with van der Waals surface area (Å²) < 4.78 is 45.0. The van der Waals surface area contributed by atoms with Crippen molar-refractivity contribution < 1.29 is 32.5 Å². The Balaban J connectivity index is 1.48.